The van der Waals surface area contributed by atoms with Gasteiger partial charge in [0.25, 0.3) is 0 Å². The van der Waals surface area contributed by atoms with Crippen molar-refractivity contribution < 1.29 is 9.13 Å². The van der Waals surface area contributed by atoms with E-state index in [2.05, 4.69) is 4.98 Å². The number of rotatable bonds is 2. The van der Waals surface area contributed by atoms with Crippen LogP contribution in [0.2, 0.25) is 5.15 Å². The molecule has 0 radical (unpaired) electrons. The van der Waals surface area contributed by atoms with Crippen LogP contribution < -0.4 is 0 Å². The molecule has 0 aromatic carbocycles. The highest BCUT2D eigenvalue weighted by atomic mass is 35.5. The second-order valence-corrected chi connectivity index (χ2v) is 2.37. The molecule has 0 bridgehead atoms. The molecule has 0 aliphatic heterocycles. The molecule has 1 rings (SSSR count). The van der Waals surface area contributed by atoms with Crippen LogP contribution in [0.3, 0.4) is 0 Å². The molecule has 0 spiro atoms. The average molecular weight is 176 g/mol. The summed E-state index contributed by atoms with van der Waals surface area (Å²) in [5.74, 6) is -0.508. The molecule has 2 nitrogen and oxygen atoms in total. The van der Waals surface area contributed by atoms with E-state index < -0.39 is 5.82 Å². The van der Waals surface area contributed by atoms with Crippen LogP contribution in [0.1, 0.15) is 5.69 Å². The van der Waals surface area contributed by atoms with Crippen molar-refractivity contribution in [3.05, 3.63) is 28.8 Å². The molecule has 0 fully saturated rings. The zero-order valence-corrected chi connectivity index (χ0v) is 6.73. The first kappa shape index (κ1) is 8.43. The molecule has 0 aliphatic rings. The van der Waals surface area contributed by atoms with Crippen molar-refractivity contribution in [3.63, 3.8) is 0 Å². The molecule has 1 aromatic heterocycles. The number of pyridine rings is 1. The largest absolute Gasteiger partial charge is 0.378 e. The first-order chi connectivity index (χ1) is 5.24. The summed E-state index contributed by atoms with van der Waals surface area (Å²) in [5, 5.41) is -0.112. The Morgan fingerprint density at radius 3 is 2.91 bits per heavy atom. The van der Waals surface area contributed by atoms with Gasteiger partial charge in [-0.15, -0.1) is 0 Å². The quantitative estimate of drug-likeness (QED) is 0.642. The van der Waals surface area contributed by atoms with Gasteiger partial charge in [0.1, 0.15) is 0 Å². The molecule has 1 aromatic rings. The van der Waals surface area contributed by atoms with Crippen molar-refractivity contribution >= 4 is 11.6 Å². The van der Waals surface area contributed by atoms with Crippen LogP contribution >= 0.6 is 11.6 Å². The Hall–Kier alpha value is -0.670. The predicted octanol–water partition coefficient (Wildman–Crippen LogP) is 2.02. The number of ether oxygens (including phenoxy) is 1. The maximum atomic E-state index is 12.5. The topological polar surface area (TPSA) is 22.1 Å². The summed E-state index contributed by atoms with van der Waals surface area (Å²) in [5.41, 5.74) is 0.624. The van der Waals surface area contributed by atoms with Crippen molar-refractivity contribution in [3.8, 4) is 0 Å². The van der Waals surface area contributed by atoms with Crippen LogP contribution in [-0.2, 0) is 11.3 Å². The summed E-state index contributed by atoms with van der Waals surface area (Å²) in [6, 6.07) is 2.80. The Morgan fingerprint density at radius 2 is 2.36 bits per heavy atom. The van der Waals surface area contributed by atoms with Gasteiger partial charge in [0.2, 0.25) is 0 Å². The highest BCUT2D eigenvalue weighted by Crippen LogP contribution is 2.11. The summed E-state index contributed by atoms with van der Waals surface area (Å²) in [7, 11) is 1.54. The molecule has 1 heterocycles. The summed E-state index contributed by atoms with van der Waals surface area (Å²) < 4.78 is 17.3. The summed E-state index contributed by atoms with van der Waals surface area (Å²) in [6.45, 7) is 0.347. The van der Waals surface area contributed by atoms with E-state index in [1.807, 2.05) is 0 Å². The van der Waals surface area contributed by atoms with Gasteiger partial charge in [-0.05, 0) is 12.1 Å². The molecule has 0 N–H and O–H groups in total. The minimum absolute atomic E-state index is 0.112. The Kier molecular flexibility index (Phi) is 2.79. The molecule has 0 aliphatic carbocycles. The Bertz CT molecular complexity index is 254. The Balaban J connectivity index is 2.86. The molecular weight excluding hydrogens is 169 g/mol. The lowest BCUT2D eigenvalue weighted by molar-refractivity contribution is 0.181. The molecule has 0 atom stereocenters. The number of aromatic nitrogens is 1. The second kappa shape index (κ2) is 3.64. The molecule has 0 unspecified atom stereocenters. The molecular formula is C7H7ClFNO. The van der Waals surface area contributed by atoms with E-state index in [4.69, 9.17) is 16.3 Å². The number of hydrogen-bond donors (Lipinski definition) is 0. The monoisotopic (exact) mass is 175 g/mol. The second-order valence-electron chi connectivity index (χ2n) is 2.01. The minimum Gasteiger partial charge on any atom is -0.378 e. The SMILES string of the molecule is COCc1ccc(F)c(Cl)n1. The summed E-state index contributed by atoms with van der Waals surface area (Å²) >= 11 is 5.41. The smallest absolute Gasteiger partial charge is 0.165 e. The van der Waals surface area contributed by atoms with Crippen LogP contribution in [-0.4, -0.2) is 12.1 Å². The highest BCUT2D eigenvalue weighted by molar-refractivity contribution is 6.29. The van der Waals surface area contributed by atoms with Gasteiger partial charge in [-0.1, -0.05) is 11.6 Å². The minimum atomic E-state index is -0.508. The average Bonchev–Trinajstić information content (AvgIpc) is 1.98. The fourth-order valence-electron chi connectivity index (χ4n) is 0.683. The first-order valence-electron chi connectivity index (χ1n) is 3.04. The number of halogens is 2. The third kappa shape index (κ3) is 2.13. The van der Waals surface area contributed by atoms with E-state index in [9.17, 15) is 4.39 Å². The predicted molar refractivity (Wildman–Crippen MR) is 39.9 cm³/mol. The normalized spacial score (nSPS) is 10.1. The third-order valence-electron chi connectivity index (χ3n) is 1.15. The summed E-state index contributed by atoms with van der Waals surface area (Å²) in [6.07, 6.45) is 0. The fourth-order valence-corrected chi connectivity index (χ4v) is 0.855. The first-order valence-corrected chi connectivity index (χ1v) is 3.41. The van der Waals surface area contributed by atoms with Crippen LogP contribution in [0, 0.1) is 5.82 Å². The van der Waals surface area contributed by atoms with E-state index in [1.54, 1.807) is 7.11 Å². The standard InChI is InChI=1S/C7H7ClFNO/c1-11-4-5-2-3-6(9)7(8)10-5/h2-3H,4H2,1H3. The zero-order chi connectivity index (χ0) is 8.27. The third-order valence-corrected chi connectivity index (χ3v) is 1.42. The summed E-state index contributed by atoms with van der Waals surface area (Å²) in [4.78, 5) is 3.73. The van der Waals surface area contributed by atoms with Crippen LogP contribution in [0.4, 0.5) is 4.39 Å². The van der Waals surface area contributed by atoms with E-state index in [0.717, 1.165) is 0 Å². The lowest BCUT2D eigenvalue weighted by Crippen LogP contribution is -1.93. The van der Waals surface area contributed by atoms with Gasteiger partial charge in [-0.2, -0.15) is 0 Å². The van der Waals surface area contributed by atoms with Crippen molar-refractivity contribution in [1.29, 1.82) is 0 Å². The van der Waals surface area contributed by atoms with Gasteiger partial charge in [0, 0.05) is 7.11 Å². The molecule has 60 valence electrons. The van der Waals surface area contributed by atoms with E-state index in [0.29, 0.717) is 12.3 Å². The van der Waals surface area contributed by atoms with Crippen molar-refractivity contribution in [2.45, 2.75) is 6.61 Å². The zero-order valence-electron chi connectivity index (χ0n) is 5.97. The number of hydrogen-bond acceptors (Lipinski definition) is 2. The van der Waals surface area contributed by atoms with Gasteiger partial charge in [0.05, 0.1) is 12.3 Å². The van der Waals surface area contributed by atoms with Crippen LogP contribution in [0.15, 0.2) is 12.1 Å². The molecule has 11 heavy (non-hydrogen) atoms. The molecule has 0 amide bonds. The number of methoxy groups -OCH3 is 1. The maximum absolute atomic E-state index is 12.5. The maximum Gasteiger partial charge on any atom is 0.165 e. The van der Waals surface area contributed by atoms with Gasteiger partial charge in [0.15, 0.2) is 11.0 Å². The lowest BCUT2D eigenvalue weighted by atomic mass is 10.4. The Labute approximate surface area is 69.0 Å². The van der Waals surface area contributed by atoms with Crippen molar-refractivity contribution in [1.82, 2.24) is 4.98 Å². The van der Waals surface area contributed by atoms with E-state index in [1.165, 1.54) is 12.1 Å². The lowest BCUT2D eigenvalue weighted by Gasteiger charge is -1.98. The van der Waals surface area contributed by atoms with Crippen LogP contribution in [0.5, 0.6) is 0 Å². The van der Waals surface area contributed by atoms with Gasteiger partial charge in [-0.3, -0.25) is 0 Å². The number of nitrogens with zero attached hydrogens (tertiary/aromatic N) is 1. The van der Waals surface area contributed by atoms with Gasteiger partial charge >= 0.3 is 0 Å². The molecule has 0 saturated carbocycles. The van der Waals surface area contributed by atoms with Gasteiger partial charge < -0.3 is 4.74 Å². The van der Waals surface area contributed by atoms with Crippen molar-refractivity contribution in [2.75, 3.05) is 7.11 Å². The molecule has 0 saturated heterocycles. The fraction of sp³-hybridized carbons (Fsp3) is 0.286. The van der Waals surface area contributed by atoms with Crippen molar-refractivity contribution in [2.24, 2.45) is 0 Å². The highest BCUT2D eigenvalue weighted by Gasteiger charge is 2.00. The molecule has 4 heteroatoms. The Morgan fingerprint density at radius 1 is 1.64 bits per heavy atom. The van der Waals surface area contributed by atoms with Gasteiger partial charge in [-0.25, -0.2) is 9.37 Å². The van der Waals surface area contributed by atoms with Crippen LogP contribution in [0.25, 0.3) is 0 Å². The van der Waals surface area contributed by atoms with E-state index >= 15 is 0 Å². The van der Waals surface area contributed by atoms with E-state index in [-0.39, 0.29) is 5.15 Å².